The number of aromatic nitrogens is 1. The molecule has 0 aliphatic rings. The number of halogens is 1. The van der Waals surface area contributed by atoms with Crippen molar-refractivity contribution in [3.63, 3.8) is 0 Å². The van der Waals surface area contributed by atoms with E-state index < -0.39 is 0 Å². The topological polar surface area (TPSA) is 37.3 Å². The highest BCUT2D eigenvalue weighted by Crippen LogP contribution is 2.36. The Hall–Kier alpha value is -2.30. The molecule has 0 saturated carbocycles. The van der Waals surface area contributed by atoms with Crippen molar-refractivity contribution in [2.45, 2.75) is 27.3 Å². The summed E-state index contributed by atoms with van der Waals surface area (Å²) in [5.41, 5.74) is 2.84. The molecular weight excluding hydrogens is 370 g/mol. The molecule has 0 radical (unpaired) electrons. The van der Waals surface area contributed by atoms with E-state index in [0.29, 0.717) is 17.3 Å². The van der Waals surface area contributed by atoms with Crippen molar-refractivity contribution in [2.75, 3.05) is 26.2 Å². The Morgan fingerprint density at radius 3 is 2.39 bits per heavy atom. The third kappa shape index (κ3) is 4.08. The Balaban J connectivity index is 2.25. The van der Waals surface area contributed by atoms with Crippen LogP contribution in [0.4, 0.5) is 0 Å². The molecule has 1 amide bonds. The van der Waals surface area contributed by atoms with Crippen molar-refractivity contribution >= 4 is 28.3 Å². The van der Waals surface area contributed by atoms with E-state index in [1.807, 2.05) is 43.3 Å². The maximum Gasteiger partial charge on any atom is 0.268 e. The average Bonchev–Trinajstić information content (AvgIpc) is 3.02. The first-order valence-corrected chi connectivity index (χ1v) is 10.4. The van der Waals surface area contributed by atoms with Gasteiger partial charge in [0.25, 0.3) is 5.91 Å². The van der Waals surface area contributed by atoms with Crippen LogP contribution in [0.5, 0.6) is 0 Å². The van der Waals surface area contributed by atoms with E-state index in [0.717, 1.165) is 48.2 Å². The molecule has 0 aliphatic carbocycles. The van der Waals surface area contributed by atoms with E-state index in [-0.39, 0.29) is 5.91 Å². The molecule has 3 aromatic rings. The predicted octanol–water partition coefficient (Wildman–Crippen LogP) is 5.05. The summed E-state index contributed by atoms with van der Waals surface area (Å²) in [4.78, 5) is 15.4. The fourth-order valence-corrected chi connectivity index (χ4v) is 3.89. The number of fused-ring (bicyclic) bond motifs is 1. The SMILES string of the molecule is CCNC(=O)c1c2ccc(Cl)cc2c(-c2ccccc2)n1CCN(CC)CC. The highest BCUT2D eigenvalue weighted by atomic mass is 35.5. The van der Waals surface area contributed by atoms with Crippen LogP contribution < -0.4 is 5.32 Å². The number of benzene rings is 2. The molecule has 0 saturated heterocycles. The monoisotopic (exact) mass is 397 g/mol. The summed E-state index contributed by atoms with van der Waals surface area (Å²) in [6, 6.07) is 16.0. The molecule has 0 fully saturated rings. The average molecular weight is 398 g/mol. The molecule has 0 spiro atoms. The summed E-state index contributed by atoms with van der Waals surface area (Å²) in [5, 5.41) is 5.61. The Labute approximate surface area is 172 Å². The van der Waals surface area contributed by atoms with Gasteiger partial charge in [-0.1, -0.05) is 61.8 Å². The van der Waals surface area contributed by atoms with Crippen molar-refractivity contribution in [1.82, 2.24) is 14.8 Å². The quantitative estimate of drug-likeness (QED) is 0.577. The van der Waals surface area contributed by atoms with Gasteiger partial charge in [0.1, 0.15) is 5.69 Å². The van der Waals surface area contributed by atoms with Crippen LogP contribution >= 0.6 is 11.6 Å². The lowest BCUT2D eigenvalue weighted by molar-refractivity contribution is 0.0947. The molecule has 28 heavy (non-hydrogen) atoms. The second kappa shape index (κ2) is 9.26. The smallest absolute Gasteiger partial charge is 0.268 e. The minimum absolute atomic E-state index is 0.0449. The van der Waals surface area contributed by atoms with Crippen LogP contribution in [-0.2, 0) is 6.54 Å². The summed E-state index contributed by atoms with van der Waals surface area (Å²) >= 11 is 6.33. The molecule has 5 heteroatoms. The molecule has 1 aromatic heterocycles. The summed E-state index contributed by atoms with van der Waals surface area (Å²) in [6.45, 7) is 10.5. The number of amides is 1. The Bertz CT molecular complexity index is 945. The summed E-state index contributed by atoms with van der Waals surface area (Å²) in [6.07, 6.45) is 0. The molecule has 1 heterocycles. The number of hydrogen-bond donors (Lipinski definition) is 1. The summed E-state index contributed by atoms with van der Waals surface area (Å²) in [5.74, 6) is -0.0449. The van der Waals surface area contributed by atoms with Gasteiger partial charge in [-0.3, -0.25) is 4.79 Å². The second-order valence-electron chi connectivity index (χ2n) is 6.79. The first kappa shape index (κ1) is 20.4. The van der Waals surface area contributed by atoms with Crippen LogP contribution in [0.2, 0.25) is 5.02 Å². The molecule has 0 aliphatic heterocycles. The highest BCUT2D eigenvalue weighted by Gasteiger charge is 2.23. The van der Waals surface area contributed by atoms with E-state index in [9.17, 15) is 4.79 Å². The standard InChI is InChI=1S/C23H28ClN3O/c1-4-25-23(28)22-19-13-12-18(24)16-20(19)21(17-10-8-7-9-11-17)27(22)15-14-26(5-2)6-3/h7-13,16H,4-6,14-15H2,1-3H3,(H,25,28). The fourth-order valence-electron chi connectivity index (χ4n) is 3.72. The third-order valence-corrected chi connectivity index (χ3v) is 5.40. The number of nitrogens with zero attached hydrogens (tertiary/aromatic N) is 2. The van der Waals surface area contributed by atoms with Gasteiger partial charge in [-0.05, 0) is 37.7 Å². The van der Waals surface area contributed by atoms with Crippen LogP contribution in [0.25, 0.3) is 22.0 Å². The third-order valence-electron chi connectivity index (χ3n) is 5.17. The van der Waals surface area contributed by atoms with Crippen LogP contribution in [0.15, 0.2) is 48.5 Å². The molecule has 148 valence electrons. The molecule has 3 rings (SSSR count). The maximum absolute atomic E-state index is 13.0. The van der Waals surface area contributed by atoms with Crippen molar-refractivity contribution in [3.8, 4) is 11.3 Å². The van der Waals surface area contributed by atoms with E-state index in [4.69, 9.17) is 11.6 Å². The van der Waals surface area contributed by atoms with E-state index in [2.05, 4.69) is 40.8 Å². The number of nitrogens with one attached hydrogen (secondary N) is 1. The molecule has 0 atom stereocenters. The molecule has 0 unspecified atom stereocenters. The molecular formula is C23H28ClN3O. The van der Waals surface area contributed by atoms with Crippen LogP contribution in [0.3, 0.4) is 0 Å². The first-order valence-electron chi connectivity index (χ1n) is 9.98. The van der Waals surface area contributed by atoms with Gasteiger partial charge in [-0.15, -0.1) is 0 Å². The first-order chi connectivity index (χ1) is 13.6. The van der Waals surface area contributed by atoms with Crippen LogP contribution in [0, 0.1) is 0 Å². The lowest BCUT2D eigenvalue weighted by Crippen LogP contribution is -2.30. The number of carbonyl (C=O) groups excluding carboxylic acids is 1. The van der Waals surface area contributed by atoms with Crippen molar-refractivity contribution in [2.24, 2.45) is 0 Å². The van der Waals surface area contributed by atoms with Gasteiger partial charge in [-0.25, -0.2) is 0 Å². The molecule has 0 bridgehead atoms. The fraction of sp³-hybridized carbons (Fsp3) is 0.348. The largest absolute Gasteiger partial charge is 0.351 e. The zero-order valence-corrected chi connectivity index (χ0v) is 17.6. The maximum atomic E-state index is 13.0. The molecule has 2 aromatic carbocycles. The van der Waals surface area contributed by atoms with Gasteiger partial charge in [0.2, 0.25) is 0 Å². The number of rotatable bonds is 8. The minimum Gasteiger partial charge on any atom is -0.351 e. The van der Waals surface area contributed by atoms with Gasteiger partial charge in [0.05, 0.1) is 5.69 Å². The van der Waals surface area contributed by atoms with E-state index >= 15 is 0 Å². The number of likely N-dealkylation sites (N-methyl/N-ethyl adjacent to an activating group) is 1. The van der Waals surface area contributed by atoms with Crippen molar-refractivity contribution in [1.29, 1.82) is 0 Å². The van der Waals surface area contributed by atoms with Gasteiger partial charge in [-0.2, -0.15) is 0 Å². The normalized spacial score (nSPS) is 11.3. The lowest BCUT2D eigenvalue weighted by Gasteiger charge is -2.21. The van der Waals surface area contributed by atoms with Crippen LogP contribution in [-0.4, -0.2) is 41.6 Å². The van der Waals surface area contributed by atoms with Crippen molar-refractivity contribution in [3.05, 3.63) is 59.2 Å². The van der Waals surface area contributed by atoms with Gasteiger partial charge in [0.15, 0.2) is 0 Å². The van der Waals surface area contributed by atoms with Gasteiger partial charge < -0.3 is 14.8 Å². The van der Waals surface area contributed by atoms with E-state index in [1.165, 1.54) is 0 Å². The Morgan fingerprint density at radius 1 is 1.04 bits per heavy atom. The zero-order valence-electron chi connectivity index (χ0n) is 16.8. The lowest BCUT2D eigenvalue weighted by atomic mass is 10.1. The Morgan fingerprint density at radius 2 is 1.75 bits per heavy atom. The Kier molecular flexibility index (Phi) is 6.76. The molecule has 4 nitrogen and oxygen atoms in total. The van der Waals surface area contributed by atoms with Gasteiger partial charge >= 0.3 is 0 Å². The van der Waals surface area contributed by atoms with E-state index in [1.54, 1.807) is 0 Å². The van der Waals surface area contributed by atoms with Crippen molar-refractivity contribution < 1.29 is 4.79 Å². The zero-order chi connectivity index (χ0) is 20.1. The second-order valence-corrected chi connectivity index (χ2v) is 7.23. The number of hydrogen-bond acceptors (Lipinski definition) is 2. The van der Waals surface area contributed by atoms with Gasteiger partial charge in [0, 0.05) is 35.4 Å². The minimum atomic E-state index is -0.0449. The predicted molar refractivity (Wildman–Crippen MR) is 118 cm³/mol. The summed E-state index contributed by atoms with van der Waals surface area (Å²) < 4.78 is 2.17. The highest BCUT2D eigenvalue weighted by molar-refractivity contribution is 6.31. The number of carbonyl (C=O) groups is 1. The van der Waals surface area contributed by atoms with Crippen LogP contribution in [0.1, 0.15) is 31.3 Å². The summed E-state index contributed by atoms with van der Waals surface area (Å²) in [7, 11) is 0. The molecule has 1 N–H and O–H groups in total.